The van der Waals surface area contributed by atoms with Gasteiger partial charge in [0.05, 0.1) is 12.8 Å². The molecular formula is C11H19N3O2. The number of nitrogens with two attached hydrogens (primary N) is 1. The number of ether oxygens (including phenoxy) is 1. The molecule has 0 amide bonds. The highest BCUT2D eigenvalue weighted by molar-refractivity contribution is 5.79. The number of aryl methyl sites for hydroxylation is 3. The Morgan fingerprint density at radius 1 is 1.62 bits per heavy atom. The summed E-state index contributed by atoms with van der Waals surface area (Å²) in [5, 5.41) is 0. The Hall–Kier alpha value is -1.36. The summed E-state index contributed by atoms with van der Waals surface area (Å²) < 4.78 is 6.64. The van der Waals surface area contributed by atoms with Crippen molar-refractivity contribution in [1.82, 2.24) is 9.55 Å². The zero-order chi connectivity index (χ0) is 12.3. The first-order chi connectivity index (χ1) is 7.36. The van der Waals surface area contributed by atoms with Crippen LogP contribution in [0.5, 0.6) is 0 Å². The topological polar surface area (TPSA) is 70.1 Å². The molecule has 5 nitrogen and oxygen atoms in total. The summed E-state index contributed by atoms with van der Waals surface area (Å²) in [4.78, 5) is 15.7. The molecule has 0 saturated heterocycles. The molecule has 0 aliphatic heterocycles. The van der Waals surface area contributed by atoms with Gasteiger partial charge in [0, 0.05) is 12.7 Å². The van der Waals surface area contributed by atoms with Crippen LogP contribution in [0.25, 0.3) is 0 Å². The number of carbonyl (C=O) groups excluding carboxylic acids is 1. The highest BCUT2D eigenvalue weighted by Crippen LogP contribution is 2.11. The lowest BCUT2D eigenvalue weighted by Gasteiger charge is -2.21. The number of methoxy groups -OCH3 is 1. The van der Waals surface area contributed by atoms with Gasteiger partial charge < -0.3 is 15.0 Å². The number of nitrogens with zero attached hydrogens (tertiary/aromatic N) is 2. The van der Waals surface area contributed by atoms with E-state index in [9.17, 15) is 4.79 Å². The van der Waals surface area contributed by atoms with E-state index in [2.05, 4.69) is 9.72 Å². The second kappa shape index (κ2) is 4.65. The van der Waals surface area contributed by atoms with E-state index in [4.69, 9.17) is 5.73 Å². The van der Waals surface area contributed by atoms with Gasteiger partial charge >= 0.3 is 5.97 Å². The second-order valence-electron chi connectivity index (χ2n) is 4.28. The van der Waals surface area contributed by atoms with E-state index in [1.165, 1.54) is 7.11 Å². The van der Waals surface area contributed by atoms with Gasteiger partial charge in [0.15, 0.2) is 0 Å². The molecule has 0 aliphatic carbocycles. The quantitative estimate of drug-likeness (QED) is 0.769. The molecule has 0 aromatic carbocycles. The Balaban J connectivity index is 2.64. The van der Waals surface area contributed by atoms with Crippen LogP contribution in [-0.2, 0) is 16.1 Å². The smallest absolute Gasteiger partial charge is 0.325 e. The van der Waals surface area contributed by atoms with Crippen LogP contribution in [0.3, 0.4) is 0 Å². The standard InChI is InChI=1S/C11H19N3O2/c1-8-7-14(9(2)13-8)6-5-11(3,12)10(15)16-4/h7H,5-6,12H2,1-4H3. The second-order valence-corrected chi connectivity index (χ2v) is 4.28. The number of esters is 1. The summed E-state index contributed by atoms with van der Waals surface area (Å²) in [6.07, 6.45) is 2.47. The van der Waals surface area contributed by atoms with Crippen molar-refractivity contribution in [2.24, 2.45) is 5.73 Å². The number of hydrogen-bond acceptors (Lipinski definition) is 4. The minimum atomic E-state index is -0.945. The van der Waals surface area contributed by atoms with Gasteiger partial charge in [-0.1, -0.05) is 0 Å². The van der Waals surface area contributed by atoms with Crippen molar-refractivity contribution in [2.45, 2.75) is 39.3 Å². The first kappa shape index (κ1) is 12.7. The van der Waals surface area contributed by atoms with Crippen LogP contribution >= 0.6 is 0 Å². The molecule has 1 aromatic rings. The summed E-state index contributed by atoms with van der Waals surface area (Å²) in [6, 6.07) is 0. The Labute approximate surface area is 95.6 Å². The molecule has 1 heterocycles. The van der Waals surface area contributed by atoms with Gasteiger partial charge in [0.2, 0.25) is 0 Å². The molecular weight excluding hydrogens is 206 g/mol. The van der Waals surface area contributed by atoms with Gasteiger partial charge in [-0.2, -0.15) is 0 Å². The fourth-order valence-electron chi connectivity index (χ4n) is 1.58. The van der Waals surface area contributed by atoms with E-state index in [0.717, 1.165) is 11.5 Å². The van der Waals surface area contributed by atoms with Crippen molar-refractivity contribution in [2.75, 3.05) is 7.11 Å². The molecule has 1 rings (SSSR count). The highest BCUT2D eigenvalue weighted by atomic mass is 16.5. The molecule has 1 unspecified atom stereocenters. The molecule has 5 heteroatoms. The fraction of sp³-hybridized carbons (Fsp3) is 0.636. The summed E-state index contributed by atoms with van der Waals surface area (Å²) >= 11 is 0. The van der Waals surface area contributed by atoms with Crippen LogP contribution < -0.4 is 5.73 Å². The minimum Gasteiger partial charge on any atom is -0.468 e. The summed E-state index contributed by atoms with van der Waals surface area (Å²) in [5.74, 6) is 0.542. The summed E-state index contributed by atoms with van der Waals surface area (Å²) in [7, 11) is 1.35. The maximum Gasteiger partial charge on any atom is 0.325 e. The molecule has 1 atom stereocenters. The minimum absolute atomic E-state index is 0.387. The predicted octanol–water partition coefficient (Wildman–Crippen LogP) is 0.780. The van der Waals surface area contributed by atoms with Crippen LogP contribution in [0.2, 0.25) is 0 Å². The van der Waals surface area contributed by atoms with E-state index < -0.39 is 5.54 Å². The van der Waals surface area contributed by atoms with Crippen molar-refractivity contribution in [1.29, 1.82) is 0 Å². The average molecular weight is 225 g/mol. The van der Waals surface area contributed by atoms with Crippen molar-refractivity contribution >= 4 is 5.97 Å². The first-order valence-electron chi connectivity index (χ1n) is 5.24. The molecule has 0 saturated carbocycles. The van der Waals surface area contributed by atoms with Gasteiger partial charge in [-0.15, -0.1) is 0 Å². The number of carbonyl (C=O) groups is 1. The monoisotopic (exact) mass is 225 g/mol. The van der Waals surface area contributed by atoms with E-state index in [1.54, 1.807) is 6.92 Å². The zero-order valence-corrected chi connectivity index (χ0v) is 10.3. The molecule has 0 spiro atoms. The predicted molar refractivity (Wildman–Crippen MR) is 60.9 cm³/mol. The maximum absolute atomic E-state index is 11.4. The first-order valence-corrected chi connectivity index (χ1v) is 5.24. The van der Waals surface area contributed by atoms with Crippen molar-refractivity contribution < 1.29 is 9.53 Å². The Morgan fingerprint density at radius 3 is 2.69 bits per heavy atom. The molecule has 2 N–H and O–H groups in total. The normalized spacial score (nSPS) is 14.6. The van der Waals surface area contributed by atoms with Crippen molar-refractivity contribution in [3.63, 3.8) is 0 Å². The Morgan fingerprint density at radius 2 is 2.25 bits per heavy atom. The molecule has 0 radical (unpaired) electrons. The van der Waals surface area contributed by atoms with E-state index in [1.807, 2.05) is 24.6 Å². The third-order valence-electron chi connectivity index (χ3n) is 2.62. The van der Waals surface area contributed by atoms with Crippen molar-refractivity contribution in [3.8, 4) is 0 Å². The van der Waals surface area contributed by atoms with Gasteiger partial charge in [0.1, 0.15) is 11.4 Å². The maximum atomic E-state index is 11.4. The number of aromatic nitrogens is 2. The highest BCUT2D eigenvalue weighted by Gasteiger charge is 2.29. The molecule has 0 bridgehead atoms. The van der Waals surface area contributed by atoms with Gasteiger partial charge in [-0.3, -0.25) is 4.79 Å². The summed E-state index contributed by atoms with van der Waals surface area (Å²) in [5.41, 5.74) is 5.89. The van der Waals surface area contributed by atoms with Crippen molar-refractivity contribution in [3.05, 3.63) is 17.7 Å². The van der Waals surface area contributed by atoms with E-state index >= 15 is 0 Å². The van der Waals surface area contributed by atoms with Crippen LogP contribution in [-0.4, -0.2) is 28.2 Å². The van der Waals surface area contributed by atoms with Crippen LogP contribution in [0.15, 0.2) is 6.20 Å². The lowest BCUT2D eigenvalue weighted by atomic mass is 10.00. The lowest BCUT2D eigenvalue weighted by molar-refractivity contribution is -0.146. The third-order valence-corrected chi connectivity index (χ3v) is 2.62. The molecule has 1 aromatic heterocycles. The van der Waals surface area contributed by atoms with Gasteiger partial charge in [0.25, 0.3) is 0 Å². The largest absolute Gasteiger partial charge is 0.468 e. The third kappa shape index (κ3) is 2.82. The molecule has 90 valence electrons. The van der Waals surface area contributed by atoms with Crippen LogP contribution in [0.4, 0.5) is 0 Å². The SMILES string of the molecule is COC(=O)C(C)(N)CCn1cc(C)nc1C. The van der Waals surface area contributed by atoms with Crippen LogP contribution in [0, 0.1) is 13.8 Å². The summed E-state index contributed by atoms with van der Waals surface area (Å²) in [6.45, 7) is 6.21. The Bertz CT molecular complexity index is 383. The Kier molecular flexibility index (Phi) is 3.70. The molecule has 16 heavy (non-hydrogen) atoms. The van der Waals surface area contributed by atoms with Gasteiger partial charge in [-0.05, 0) is 27.2 Å². The average Bonchev–Trinajstić information content (AvgIpc) is 2.53. The fourth-order valence-corrected chi connectivity index (χ4v) is 1.58. The molecule has 0 aliphatic rings. The lowest BCUT2D eigenvalue weighted by Crippen LogP contribution is -2.46. The zero-order valence-electron chi connectivity index (χ0n) is 10.3. The van der Waals surface area contributed by atoms with Crippen LogP contribution in [0.1, 0.15) is 24.9 Å². The number of imidazole rings is 1. The number of rotatable bonds is 4. The number of hydrogen-bond donors (Lipinski definition) is 1. The molecule has 0 fully saturated rings. The van der Waals surface area contributed by atoms with E-state index in [0.29, 0.717) is 13.0 Å². The van der Waals surface area contributed by atoms with Gasteiger partial charge in [-0.25, -0.2) is 4.98 Å². The van der Waals surface area contributed by atoms with E-state index in [-0.39, 0.29) is 5.97 Å².